The van der Waals surface area contributed by atoms with E-state index in [0.717, 1.165) is 30.8 Å². The van der Waals surface area contributed by atoms with Gasteiger partial charge < -0.3 is 0 Å². The smallest absolute Gasteiger partial charge is 0.258 e. The van der Waals surface area contributed by atoms with Gasteiger partial charge in [0.15, 0.2) is 9.66 Å². The van der Waals surface area contributed by atoms with Gasteiger partial charge in [-0.15, -0.1) is 0 Å². The average molecular weight is 353 g/mol. The highest BCUT2D eigenvalue weighted by atomic mass is 32.1. The van der Waals surface area contributed by atoms with Crippen molar-refractivity contribution in [3.63, 3.8) is 0 Å². The molecule has 0 aliphatic heterocycles. The highest BCUT2D eigenvalue weighted by molar-refractivity contribution is 7.29. The minimum absolute atomic E-state index is 0.0805. The van der Waals surface area contributed by atoms with E-state index in [1.165, 1.54) is 29.0 Å². The van der Waals surface area contributed by atoms with Crippen LogP contribution in [0.3, 0.4) is 0 Å². The fourth-order valence-corrected chi connectivity index (χ4v) is 4.36. The van der Waals surface area contributed by atoms with E-state index in [0.29, 0.717) is 0 Å². The van der Waals surface area contributed by atoms with Gasteiger partial charge in [0.05, 0.1) is 4.92 Å². The molecule has 2 aromatic heterocycles. The first-order chi connectivity index (χ1) is 11.6. The van der Waals surface area contributed by atoms with E-state index in [9.17, 15) is 10.1 Å². The van der Waals surface area contributed by atoms with Gasteiger partial charge in [-0.3, -0.25) is 10.1 Å². The predicted octanol–water partition coefficient (Wildman–Crippen LogP) is 5.30. The number of non-ortho nitro benzene ring substituents is 1. The van der Waals surface area contributed by atoms with Crippen molar-refractivity contribution in [1.29, 1.82) is 0 Å². The van der Waals surface area contributed by atoms with Gasteiger partial charge in [0.2, 0.25) is 0 Å². The summed E-state index contributed by atoms with van der Waals surface area (Å²) < 4.78 is 0. The fourth-order valence-electron chi connectivity index (χ4n) is 2.31. The maximum absolute atomic E-state index is 10.7. The Labute approximate surface area is 145 Å². The van der Waals surface area contributed by atoms with Gasteiger partial charge in [-0.25, -0.2) is 9.97 Å². The summed E-state index contributed by atoms with van der Waals surface area (Å²) >= 11 is 3.06. The van der Waals surface area contributed by atoms with Crippen molar-refractivity contribution in [3.8, 4) is 21.1 Å². The highest BCUT2D eigenvalue weighted by Gasteiger charge is 2.14. The summed E-state index contributed by atoms with van der Waals surface area (Å²) in [6.45, 7) is 2.06. The van der Waals surface area contributed by atoms with Gasteiger partial charge in [-0.2, -0.15) is 0 Å². The number of thiazole rings is 2. The monoisotopic (exact) mass is 353 g/mol. The molecule has 7 heteroatoms. The zero-order chi connectivity index (χ0) is 16.7. The standard InChI is InChI=1S/C17H11N3O2S2/c1-10-2-4-11(5-3-10)14-18-16-17(23-14)19-15(24-16)12-6-8-13(9-7-12)20(21)22/h2-9H,1H3. The van der Waals surface area contributed by atoms with Crippen molar-refractivity contribution in [2.24, 2.45) is 0 Å². The zero-order valence-corrected chi connectivity index (χ0v) is 14.2. The highest BCUT2D eigenvalue weighted by Crippen LogP contribution is 2.36. The van der Waals surface area contributed by atoms with Crippen molar-refractivity contribution < 1.29 is 4.92 Å². The van der Waals surface area contributed by atoms with Gasteiger partial charge in [0.1, 0.15) is 10.0 Å². The molecule has 2 heterocycles. The second-order valence-electron chi connectivity index (χ2n) is 5.32. The van der Waals surface area contributed by atoms with Crippen molar-refractivity contribution in [1.82, 2.24) is 9.97 Å². The lowest BCUT2D eigenvalue weighted by molar-refractivity contribution is -0.384. The summed E-state index contributed by atoms with van der Waals surface area (Å²) in [5.41, 5.74) is 3.26. The van der Waals surface area contributed by atoms with Crippen LogP contribution in [0.4, 0.5) is 5.69 Å². The molecule has 0 N–H and O–H groups in total. The second-order valence-corrected chi connectivity index (χ2v) is 7.27. The van der Waals surface area contributed by atoms with Crippen LogP contribution in [0.5, 0.6) is 0 Å². The van der Waals surface area contributed by atoms with Gasteiger partial charge in [0.25, 0.3) is 5.69 Å². The summed E-state index contributed by atoms with van der Waals surface area (Å²) in [6.07, 6.45) is 0. The molecule has 0 radical (unpaired) electrons. The molecule has 4 rings (SSSR count). The van der Waals surface area contributed by atoms with Crippen LogP contribution in [0.15, 0.2) is 48.5 Å². The van der Waals surface area contributed by atoms with Crippen LogP contribution in [0, 0.1) is 17.0 Å². The Kier molecular flexibility index (Phi) is 3.59. The minimum Gasteiger partial charge on any atom is -0.258 e. The van der Waals surface area contributed by atoms with Crippen LogP contribution in [0.1, 0.15) is 5.56 Å². The maximum atomic E-state index is 10.7. The Bertz CT molecular complexity index is 1000. The number of nitro benzene ring substituents is 1. The third-order valence-corrected chi connectivity index (χ3v) is 5.73. The molecule has 24 heavy (non-hydrogen) atoms. The molecule has 0 unspecified atom stereocenters. The third kappa shape index (κ3) is 2.68. The van der Waals surface area contributed by atoms with E-state index in [4.69, 9.17) is 0 Å². The summed E-state index contributed by atoms with van der Waals surface area (Å²) in [6, 6.07) is 14.7. The molecule has 2 aromatic carbocycles. The fraction of sp³-hybridized carbons (Fsp3) is 0.0588. The summed E-state index contributed by atoms with van der Waals surface area (Å²) in [5.74, 6) is 0. The molecular weight excluding hydrogens is 342 g/mol. The maximum Gasteiger partial charge on any atom is 0.269 e. The first-order valence-corrected chi connectivity index (χ1v) is 8.83. The molecule has 5 nitrogen and oxygen atoms in total. The molecule has 118 valence electrons. The van der Waals surface area contributed by atoms with Crippen LogP contribution in [0.2, 0.25) is 0 Å². The summed E-state index contributed by atoms with van der Waals surface area (Å²) in [4.78, 5) is 21.4. The van der Waals surface area contributed by atoms with E-state index in [2.05, 4.69) is 41.2 Å². The first-order valence-electron chi connectivity index (χ1n) is 7.19. The largest absolute Gasteiger partial charge is 0.269 e. The second kappa shape index (κ2) is 5.77. The van der Waals surface area contributed by atoms with E-state index in [-0.39, 0.29) is 5.69 Å². The SMILES string of the molecule is Cc1ccc(-c2nc3sc(-c4ccc([N+](=O)[O-])cc4)nc3s2)cc1. The number of fused-ring (bicyclic) bond motifs is 1. The predicted molar refractivity (Wildman–Crippen MR) is 97.6 cm³/mol. The number of benzene rings is 2. The van der Waals surface area contributed by atoms with Crippen molar-refractivity contribution in [3.05, 3.63) is 64.2 Å². The number of nitro groups is 1. The van der Waals surface area contributed by atoms with Crippen molar-refractivity contribution in [2.75, 3.05) is 0 Å². The van der Waals surface area contributed by atoms with Crippen molar-refractivity contribution >= 4 is 38.0 Å². The lowest BCUT2D eigenvalue weighted by Crippen LogP contribution is -1.86. The summed E-state index contributed by atoms with van der Waals surface area (Å²) in [5, 5.41) is 12.5. The van der Waals surface area contributed by atoms with Gasteiger partial charge in [-0.05, 0) is 19.1 Å². The number of hydrogen-bond donors (Lipinski definition) is 0. The van der Waals surface area contributed by atoms with Gasteiger partial charge in [-0.1, -0.05) is 52.5 Å². The van der Waals surface area contributed by atoms with Gasteiger partial charge in [0, 0.05) is 23.3 Å². The van der Waals surface area contributed by atoms with Crippen LogP contribution >= 0.6 is 22.7 Å². The van der Waals surface area contributed by atoms with E-state index in [1.54, 1.807) is 23.5 Å². The van der Waals surface area contributed by atoms with Gasteiger partial charge >= 0.3 is 0 Å². The minimum atomic E-state index is -0.403. The first kappa shape index (κ1) is 14.9. The molecular formula is C17H11N3O2S2. The van der Waals surface area contributed by atoms with Crippen LogP contribution in [0.25, 0.3) is 30.8 Å². The molecule has 0 aliphatic rings. The molecule has 0 amide bonds. The lowest BCUT2D eigenvalue weighted by atomic mass is 10.2. The Hall–Kier alpha value is -2.64. The van der Waals surface area contributed by atoms with E-state index < -0.39 is 4.92 Å². The Morgan fingerprint density at radius 1 is 0.833 bits per heavy atom. The topological polar surface area (TPSA) is 68.9 Å². The number of aryl methyl sites for hydroxylation is 1. The van der Waals surface area contributed by atoms with Crippen molar-refractivity contribution in [2.45, 2.75) is 6.92 Å². The molecule has 0 atom stereocenters. The Morgan fingerprint density at radius 3 is 1.75 bits per heavy atom. The van der Waals surface area contributed by atoms with E-state index in [1.807, 2.05) is 0 Å². The molecule has 0 fully saturated rings. The summed E-state index contributed by atoms with van der Waals surface area (Å²) in [7, 11) is 0. The quantitative estimate of drug-likeness (QED) is 0.370. The Balaban J connectivity index is 1.68. The van der Waals surface area contributed by atoms with Crippen LogP contribution < -0.4 is 0 Å². The molecule has 4 aromatic rings. The zero-order valence-electron chi connectivity index (χ0n) is 12.6. The average Bonchev–Trinajstić information content (AvgIpc) is 3.14. The number of hydrogen-bond acceptors (Lipinski definition) is 6. The molecule has 0 spiro atoms. The molecule has 0 bridgehead atoms. The molecule has 0 saturated heterocycles. The number of aromatic nitrogens is 2. The normalized spacial score (nSPS) is 11.0. The number of rotatable bonds is 3. The number of nitrogens with zero attached hydrogens (tertiary/aromatic N) is 3. The van der Waals surface area contributed by atoms with Crippen LogP contribution in [-0.4, -0.2) is 14.9 Å². The lowest BCUT2D eigenvalue weighted by Gasteiger charge is -1.97. The van der Waals surface area contributed by atoms with Crippen LogP contribution in [-0.2, 0) is 0 Å². The Morgan fingerprint density at radius 2 is 1.29 bits per heavy atom. The molecule has 0 aliphatic carbocycles. The van der Waals surface area contributed by atoms with E-state index >= 15 is 0 Å². The third-order valence-electron chi connectivity index (χ3n) is 3.60. The molecule has 0 saturated carbocycles.